The van der Waals surface area contributed by atoms with Gasteiger partial charge < -0.3 is 19.4 Å². The average molecular weight is 589 g/mol. The highest BCUT2D eigenvalue weighted by Crippen LogP contribution is 2.31. The monoisotopic (exact) mass is 588 g/mol. The number of nitrogens with zero attached hydrogens (tertiary/aromatic N) is 1. The highest BCUT2D eigenvalue weighted by Gasteiger charge is 2.26. The Bertz CT molecular complexity index is 1600. The molecule has 1 amide bonds. The highest BCUT2D eigenvalue weighted by atomic mass is 35.5. The standard InChI is InChI=1S/C35H41ClN2O4/c1-20(2)26-10-9-11-27(17-26)23(6)37-34(39)28-13-15-31-29(18-28)22(5)24(7)38(31)19-25-12-14-30(36)32(16-25)42-33(21(3)4)35(40)41-8/h9-18,20-21,23,33H,19H2,1-8H3,(H,37,39). The molecule has 0 fully saturated rings. The van der Waals surface area contributed by atoms with Crippen LogP contribution in [0.3, 0.4) is 0 Å². The Kier molecular flexibility index (Phi) is 9.67. The first-order valence-electron chi connectivity index (χ1n) is 14.4. The molecule has 222 valence electrons. The minimum absolute atomic E-state index is 0.0879. The molecule has 0 saturated carbocycles. The molecule has 1 N–H and O–H groups in total. The molecule has 0 aliphatic carbocycles. The van der Waals surface area contributed by atoms with Gasteiger partial charge in [0.05, 0.1) is 18.2 Å². The average Bonchev–Trinajstić information content (AvgIpc) is 3.20. The number of fused-ring (bicyclic) bond motifs is 1. The Morgan fingerprint density at radius 1 is 0.929 bits per heavy atom. The molecule has 42 heavy (non-hydrogen) atoms. The van der Waals surface area contributed by atoms with Crippen LogP contribution in [0, 0.1) is 19.8 Å². The third-order valence-electron chi connectivity index (χ3n) is 7.96. The van der Waals surface area contributed by atoms with Crippen LogP contribution in [0.1, 0.15) is 84.9 Å². The zero-order chi connectivity index (χ0) is 30.7. The lowest BCUT2D eigenvalue weighted by Gasteiger charge is -2.21. The van der Waals surface area contributed by atoms with E-state index < -0.39 is 12.1 Å². The molecule has 4 aromatic rings. The number of nitrogens with one attached hydrogen (secondary N) is 1. The van der Waals surface area contributed by atoms with E-state index in [1.807, 2.05) is 57.2 Å². The number of aryl methyl sites for hydroxylation is 1. The van der Waals surface area contributed by atoms with Crippen LogP contribution < -0.4 is 10.1 Å². The molecule has 2 atom stereocenters. The van der Waals surface area contributed by atoms with Gasteiger partial charge >= 0.3 is 5.97 Å². The summed E-state index contributed by atoms with van der Waals surface area (Å²) in [6.45, 7) is 14.9. The lowest BCUT2D eigenvalue weighted by Crippen LogP contribution is -2.33. The molecule has 0 spiro atoms. The summed E-state index contributed by atoms with van der Waals surface area (Å²) in [5.74, 6) is 0.238. The minimum Gasteiger partial charge on any atom is -0.477 e. The lowest BCUT2D eigenvalue weighted by atomic mass is 9.98. The zero-order valence-corrected chi connectivity index (χ0v) is 26.5. The normalized spacial score (nSPS) is 12.9. The van der Waals surface area contributed by atoms with Gasteiger partial charge in [-0.05, 0) is 79.3 Å². The van der Waals surface area contributed by atoms with E-state index in [0.717, 1.165) is 33.3 Å². The number of benzene rings is 3. The van der Waals surface area contributed by atoms with E-state index in [1.165, 1.54) is 12.7 Å². The highest BCUT2D eigenvalue weighted by molar-refractivity contribution is 6.32. The van der Waals surface area contributed by atoms with Crippen LogP contribution in [0.15, 0.2) is 60.7 Å². The van der Waals surface area contributed by atoms with Crippen LogP contribution in [-0.4, -0.2) is 29.7 Å². The number of ether oxygens (including phenoxy) is 2. The van der Waals surface area contributed by atoms with E-state index >= 15 is 0 Å². The van der Waals surface area contributed by atoms with Crippen LogP contribution in [0.2, 0.25) is 5.02 Å². The molecule has 6 nitrogen and oxygen atoms in total. The first-order valence-corrected chi connectivity index (χ1v) is 14.8. The van der Waals surface area contributed by atoms with Crippen molar-refractivity contribution in [3.05, 3.63) is 99.2 Å². The number of carbonyl (C=O) groups excluding carboxylic acids is 2. The van der Waals surface area contributed by atoms with Crippen LogP contribution >= 0.6 is 11.6 Å². The summed E-state index contributed by atoms with van der Waals surface area (Å²) in [5, 5.41) is 4.63. The summed E-state index contributed by atoms with van der Waals surface area (Å²) < 4.78 is 13.2. The van der Waals surface area contributed by atoms with Crippen molar-refractivity contribution in [2.45, 2.75) is 73.1 Å². The fourth-order valence-corrected chi connectivity index (χ4v) is 5.34. The van der Waals surface area contributed by atoms with Gasteiger partial charge in [0, 0.05) is 34.6 Å². The largest absolute Gasteiger partial charge is 0.477 e. The smallest absolute Gasteiger partial charge is 0.347 e. The molecule has 1 aromatic heterocycles. The number of amides is 1. The van der Waals surface area contributed by atoms with Crippen molar-refractivity contribution in [2.75, 3.05) is 7.11 Å². The number of hydrogen-bond donors (Lipinski definition) is 1. The Balaban J connectivity index is 1.58. The van der Waals surface area contributed by atoms with Gasteiger partial charge in [-0.3, -0.25) is 4.79 Å². The van der Waals surface area contributed by atoms with Gasteiger partial charge in [0.2, 0.25) is 0 Å². The predicted molar refractivity (Wildman–Crippen MR) is 170 cm³/mol. The van der Waals surface area contributed by atoms with Gasteiger partial charge in [-0.15, -0.1) is 0 Å². The summed E-state index contributed by atoms with van der Waals surface area (Å²) in [7, 11) is 1.35. The summed E-state index contributed by atoms with van der Waals surface area (Å²) in [6.07, 6.45) is -0.759. The van der Waals surface area contributed by atoms with E-state index in [9.17, 15) is 9.59 Å². The van der Waals surface area contributed by atoms with Crippen molar-refractivity contribution in [1.82, 2.24) is 9.88 Å². The van der Waals surface area contributed by atoms with E-state index in [1.54, 1.807) is 6.07 Å². The Morgan fingerprint density at radius 2 is 1.64 bits per heavy atom. The first kappa shape index (κ1) is 31.2. The maximum atomic E-state index is 13.3. The molecule has 2 unspecified atom stereocenters. The molecular weight excluding hydrogens is 548 g/mol. The number of carbonyl (C=O) groups is 2. The molecule has 0 aliphatic rings. The van der Waals surface area contributed by atoms with Crippen molar-refractivity contribution in [3.8, 4) is 5.75 Å². The van der Waals surface area contributed by atoms with Gasteiger partial charge in [-0.25, -0.2) is 4.79 Å². The molecule has 1 heterocycles. The third kappa shape index (κ3) is 6.65. The van der Waals surface area contributed by atoms with Crippen molar-refractivity contribution in [3.63, 3.8) is 0 Å². The maximum Gasteiger partial charge on any atom is 0.347 e. The van der Waals surface area contributed by atoms with Crippen LogP contribution in [0.4, 0.5) is 0 Å². The molecule has 0 saturated heterocycles. The number of halogens is 1. The van der Waals surface area contributed by atoms with Gasteiger partial charge in [0.1, 0.15) is 5.75 Å². The number of rotatable bonds is 10. The Labute approximate surface area is 254 Å². The molecule has 0 aliphatic heterocycles. The van der Waals surface area contributed by atoms with Crippen molar-refractivity contribution >= 4 is 34.4 Å². The molecule has 0 radical (unpaired) electrons. The number of aromatic nitrogens is 1. The van der Waals surface area contributed by atoms with Gasteiger partial charge in [0.15, 0.2) is 6.10 Å². The predicted octanol–water partition coefficient (Wildman–Crippen LogP) is 8.15. The maximum absolute atomic E-state index is 13.3. The van der Waals surface area contributed by atoms with Crippen LogP contribution in [0.5, 0.6) is 5.75 Å². The van der Waals surface area contributed by atoms with E-state index in [-0.39, 0.29) is 17.9 Å². The van der Waals surface area contributed by atoms with Crippen LogP contribution in [-0.2, 0) is 16.1 Å². The Morgan fingerprint density at radius 3 is 2.31 bits per heavy atom. The number of methoxy groups -OCH3 is 1. The molecule has 3 aromatic carbocycles. The molecule has 4 rings (SSSR count). The van der Waals surface area contributed by atoms with Crippen LogP contribution in [0.25, 0.3) is 10.9 Å². The molecule has 7 heteroatoms. The number of esters is 1. The second-order valence-corrected chi connectivity index (χ2v) is 12.0. The number of hydrogen-bond acceptors (Lipinski definition) is 4. The second kappa shape index (κ2) is 13.0. The third-order valence-corrected chi connectivity index (χ3v) is 8.27. The summed E-state index contributed by atoms with van der Waals surface area (Å²) in [6, 6.07) is 19.7. The Hall–Kier alpha value is -3.77. The summed E-state index contributed by atoms with van der Waals surface area (Å²) >= 11 is 6.45. The van der Waals surface area contributed by atoms with Crippen molar-refractivity contribution in [1.29, 1.82) is 0 Å². The SMILES string of the molecule is COC(=O)C(Oc1cc(Cn2c(C)c(C)c3cc(C(=O)NC(C)c4cccc(C(C)C)c4)ccc32)ccc1Cl)C(C)C. The topological polar surface area (TPSA) is 69.6 Å². The van der Waals surface area contributed by atoms with Crippen molar-refractivity contribution < 1.29 is 19.1 Å². The van der Waals surface area contributed by atoms with Gasteiger partial charge in [-0.1, -0.05) is 69.6 Å². The lowest BCUT2D eigenvalue weighted by molar-refractivity contribution is -0.150. The van der Waals surface area contributed by atoms with E-state index in [4.69, 9.17) is 21.1 Å². The molecular formula is C35H41ClN2O4. The fourth-order valence-electron chi connectivity index (χ4n) is 5.17. The summed E-state index contributed by atoms with van der Waals surface area (Å²) in [4.78, 5) is 25.5. The van der Waals surface area contributed by atoms with Crippen molar-refractivity contribution in [2.24, 2.45) is 5.92 Å². The minimum atomic E-state index is -0.759. The fraction of sp³-hybridized carbons (Fsp3) is 0.371. The van der Waals surface area contributed by atoms with E-state index in [2.05, 4.69) is 55.8 Å². The van der Waals surface area contributed by atoms with Gasteiger partial charge in [0.25, 0.3) is 5.91 Å². The quantitative estimate of drug-likeness (QED) is 0.190. The first-order chi connectivity index (χ1) is 19.9. The summed E-state index contributed by atoms with van der Waals surface area (Å²) in [5.41, 5.74) is 7.20. The molecule has 0 bridgehead atoms. The van der Waals surface area contributed by atoms with E-state index in [0.29, 0.717) is 28.8 Å². The zero-order valence-electron chi connectivity index (χ0n) is 25.7. The van der Waals surface area contributed by atoms with Gasteiger partial charge in [-0.2, -0.15) is 0 Å². The second-order valence-electron chi connectivity index (χ2n) is 11.6.